The van der Waals surface area contributed by atoms with Crippen LogP contribution in [0.15, 0.2) is 59.5 Å². The van der Waals surface area contributed by atoms with Crippen molar-refractivity contribution in [2.24, 2.45) is 0 Å². The molecule has 1 aliphatic rings. The fraction of sp³-hybridized carbons (Fsp3) is 0.250. The van der Waals surface area contributed by atoms with E-state index in [0.29, 0.717) is 24.6 Å². The van der Waals surface area contributed by atoms with Crippen LogP contribution in [0, 0.1) is 0 Å². The van der Waals surface area contributed by atoms with Gasteiger partial charge in [-0.2, -0.15) is 0 Å². The maximum atomic E-state index is 12.9. The summed E-state index contributed by atoms with van der Waals surface area (Å²) in [5, 5.41) is 0. The third-order valence-electron chi connectivity index (χ3n) is 3.46. The molecule has 1 aliphatic heterocycles. The van der Waals surface area contributed by atoms with Gasteiger partial charge in [-0.25, -0.2) is 8.42 Å². The first kappa shape index (κ1) is 14.9. The van der Waals surface area contributed by atoms with Crippen LogP contribution in [0.3, 0.4) is 0 Å². The number of sulfonamides is 1. The van der Waals surface area contributed by atoms with Gasteiger partial charge in [0.25, 0.3) is 10.0 Å². The van der Waals surface area contributed by atoms with Crippen molar-refractivity contribution >= 4 is 15.7 Å². The van der Waals surface area contributed by atoms with E-state index in [0.717, 1.165) is 0 Å². The Hall–Kier alpha value is -2.05. The molecule has 2 aromatic rings. The number of nitrogens with zero attached hydrogens (tertiary/aromatic N) is 1. The second-order valence-electron chi connectivity index (χ2n) is 5.00. The number of epoxide rings is 1. The minimum Gasteiger partial charge on any atom is -0.497 e. The molecule has 6 heteroatoms. The maximum absolute atomic E-state index is 12.9. The molecule has 22 heavy (non-hydrogen) atoms. The predicted molar refractivity (Wildman–Crippen MR) is 83.7 cm³/mol. The summed E-state index contributed by atoms with van der Waals surface area (Å²) in [7, 11) is -2.04. The number of hydrogen-bond donors (Lipinski definition) is 0. The van der Waals surface area contributed by atoms with E-state index in [9.17, 15) is 8.42 Å². The Morgan fingerprint density at radius 2 is 1.77 bits per heavy atom. The molecule has 0 N–H and O–H groups in total. The molecule has 1 saturated heterocycles. The lowest BCUT2D eigenvalue weighted by molar-refractivity contribution is 0.411. The monoisotopic (exact) mass is 319 g/mol. The molecule has 0 aliphatic carbocycles. The second-order valence-corrected chi connectivity index (χ2v) is 6.86. The number of anilines is 1. The molecule has 0 radical (unpaired) electrons. The standard InChI is InChI=1S/C16H17NO4S/c1-20-14-9-7-13(8-10-14)17(11-15-12-21-15)22(18,19)16-5-3-2-4-6-16/h2-10,15H,11-12H2,1H3/t15-/m1/s1. The molecule has 0 amide bonds. The van der Waals surface area contributed by atoms with E-state index in [1.54, 1.807) is 61.7 Å². The molecule has 1 heterocycles. The Morgan fingerprint density at radius 1 is 1.14 bits per heavy atom. The van der Waals surface area contributed by atoms with E-state index in [2.05, 4.69) is 0 Å². The quantitative estimate of drug-likeness (QED) is 0.767. The largest absolute Gasteiger partial charge is 0.497 e. The number of ether oxygens (including phenoxy) is 2. The molecule has 2 aromatic carbocycles. The van der Waals surface area contributed by atoms with Gasteiger partial charge in [0, 0.05) is 0 Å². The molecule has 0 spiro atoms. The molecule has 1 atom stereocenters. The molecule has 0 saturated carbocycles. The van der Waals surface area contributed by atoms with Crippen molar-refractivity contribution < 1.29 is 17.9 Å². The Kier molecular flexibility index (Phi) is 4.04. The Balaban J connectivity index is 1.98. The summed E-state index contributed by atoms with van der Waals surface area (Å²) in [4.78, 5) is 0.270. The minimum atomic E-state index is -3.62. The van der Waals surface area contributed by atoms with Gasteiger partial charge in [0.1, 0.15) is 5.75 Å². The minimum absolute atomic E-state index is 0.0411. The average molecular weight is 319 g/mol. The van der Waals surface area contributed by atoms with Crippen LogP contribution in [0.2, 0.25) is 0 Å². The van der Waals surface area contributed by atoms with Crippen LogP contribution in [0.5, 0.6) is 5.75 Å². The van der Waals surface area contributed by atoms with Crippen LogP contribution in [0.25, 0.3) is 0 Å². The highest BCUT2D eigenvalue weighted by Gasteiger charge is 2.32. The van der Waals surface area contributed by atoms with Gasteiger partial charge in [0.2, 0.25) is 0 Å². The maximum Gasteiger partial charge on any atom is 0.264 e. The fourth-order valence-electron chi connectivity index (χ4n) is 2.17. The highest BCUT2D eigenvalue weighted by molar-refractivity contribution is 7.92. The zero-order valence-corrected chi connectivity index (χ0v) is 13.0. The van der Waals surface area contributed by atoms with Crippen LogP contribution < -0.4 is 9.04 Å². The average Bonchev–Trinajstić information content (AvgIpc) is 3.38. The van der Waals surface area contributed by atoms with E-state index in [4.69, 9.17) is 9.47 Å². The third kappa shape index (κ3) is 3.08. The van der Waals surface area contributed by atoms with E-state index in [1.165, 1.54) is 4.31 Å². The van der Waals surface area contributed by atoms with Gasteiger partial charge in [0.05, 0.1) is 36.9 Å². The molecular formula is C16H17NO4S. The van der Waals surface area contributed by atoms with E-state index < -0.39 is 10.0 Å². The molecule has 1 fully saturated rings. The van der Waals surface area contributed by atoms with Crippen LogP contribution in [-0.4, -0.2) is 34.8 Å². The van der Waals surface area contributed by atoms with E-state index in [-0.39, 0.29) is 11.0 Å². The first-order chi connectivity index (χ1) is 10.6. The Morgan fingerprint density at radius 3 is 2.32 bits per heavy atom. The molecule has 5 nitrogen and oxygen atoms in total. The van der Waals surface area contributed by atoms with Gasteiger partial charge in [0.15, 0.2) is 0 Å². The van der Waals surface area contributed by atoms with Gasteiger partial charge in [-0.05, 0) is 36.4 Å². The van der Waals surface area contributed by atoms with Gasteiger partial charge in [-0.1, -0.05) is 18.2 Å². The summed E-state index contributed by atoms with van der Waals surface area (Å²) in [5.41, 5.74) is 0.597. The zero-order valence-electron chi connectivity index (χ0n) is 12.2. The number of rotatable bonds is 6. The lowest BCUT2D eigenvalue weighted by atomic mass is 10.3. The van der Waals surface area contributed by atoms with Crippen LogP contribution in [-0.2, 0) is 14.8 Å². The Labute approximate surface area is 130 Å². The molecule has 3 rings (SSSR count). The fourth-order valence-corrected chi connectivity index (χ4v) is 3.69. The van der Waals surface area contributed by atoms with E-state index >= 15 is 0 Å². The smallest absolute Gasteiger partial charge is 0.264 e. The third-order valence-corrected chi connectivity index (χ3v) is 5.27. The van der Waals surface area contributed by atoms with Crippen molar-refractivity contribution in [2.45, 2.75) is 11.0 Å². The number of hydrogen-bond acceptors (Lipinski definition) is 4. The SMILES string of the molecule is COc1ccc(N(C[C@@H]2CO2)S(=O)(=O)c2ccccc2)cc1. The highest BCUT2D eigenvalue weighted by atomic mass is 32.2. The molecule has 0 aromatic heterocycles. The second kappa shape index (κ2) is 5.98. The van der Waals surface area contributed by atoms with Crippen molar-refractivity contribution in [1.82, 2.24) is 0 Å². The zero-order chi connectivity index (χ0) is 15.6. The van der Waals surface area contributed by atoms with Gasteiger partial charge in [-0.3, -0.25) is 4.31 Å². The number of benzene rings is 2. The summed E-state index contributed by atoms with van der Waals surface area (Å²) < 4.78 is 37.5. The van der Waals surface area contributed by atoms with Gasteiger partial charge < -0.3 is 9.47 Å². The normalized spacial score (nSPS) is 17.0. The summed E-state index contributed by atoms with van der Waals surface area (Å²) in [6, 6.07) is 15.4. The van der Waals surface area contributed by atoms with E-state index in [1.807, 2.05) is 0 Å². The van der Waals surface area contributed by atoms with Crippen molar-refractivity contribution in [2.75, 3.05) is 24.6 Å². The molecule has 116 valence electrons. The molecular weight excluding hydrogens is 302 g/mol. The van der Waals surface area contributed by atoms with Crippen molar-refractivity contribution in [1.29, 1.82) is 0 Å². The van der Waals surface area contributed by atoms with Crippen LogP contribution in [0.4, 0.5) is 5.69 Å². The summed E-state index contributed by atoms with van der Waals surface area (Å²) in [5.74, 6) is 0.684. The molecule has 0 unspecified atom stereocenters. The van der Waals surface area contributed by atoms with Gasteiger partial charge >= 0.3 is 0 Å². The first-order valence-corrected chi connectivity index (χ1v) is 8.39. The number of methoxy groups -OCH3 is 1. The highest BCUT2D eigenvalue weighted by Crippen LogP contribution is 2.27. The lowest BCUT2D eigenvalue weighted by Crippen LogP contribution is -2.34. The van der Waals surface area contributed by atoms with Crippen molar-refractivity contribution in [3.8, 4) is 5.75 Å². The Bertz CT molecular complexity index is 725. The molecule has 0 bridgehead atoms. The summed E-state index contributed by atoms with van der Waals surface area (Å²) in [6.07, 6.45) is -0.0411. The topological polar surface area (TPSA) is 59.1 Å². The van der Waals surface area contributed by atoms with Crippen LogP contribution in [0.1, 0.15) is 0 Å². The van der Waals surface area contributed by atoms with Crippen LogP contribution >= 0.6 is 0 Å². The lowest BCUT2D eigenvalue weighted by Gasteiger charge is -2.24. The first-order valence-electron chi connectivity index (χ1n) is 6.95. The van der Waals surface area contributed by atoms with Crippen molar-refractivity contribution in [3.63, 3.8) is 0 Å². The van der Waals surface area contributed by atoms with Gasteiger partial charge in [-0.15, -0.1) is 0 Å². The van der Waals surface area contributed by atoms with Crippen molar-refractivity contribution in [3.05, 3.63) is 54.6 Å². The predicted octanol–water partition coefficient (Wildman–Crippen LogP) is 2.29. The summed E-state index contributed by atoms with van der Waals surface area (Å²) in [6.45, 7) is 0.903. The summed E-state index contributed by atoms with van der Waals surface area (Å²) >= 11 is 0.